The van der Waals surface area contributed by atoms with E-state index < -0.39 is 5.95 Å². The molecule has 1 saturated heterocycles. The van der Waals surface area contributed by atoms with E-state index in [1.165, 1.54) is 0 Å². The van der Waals surface area contributed by atoms with Crippen molar-refractivity contribution >= 4 is 5.69 Å². The van der Waals surface area contributed by atoms with Crippen molar-refractivity contribution in [1.29, 1.82) is 0 Å². The molecule has 1 N–H and O–H groups in total. The smallest absolute Gasteiger partial charge is 0.255 e. The van der Waals surface area contributed by atoms with Gasteiger partial charge in [-0.25, -0.2) is 4.98 Å². The highest BCUT2D eigenvalue weighted by molar-refractivity contribution is 5.48. The minimum atomic E-state index is -0.528. The van der Waals surface area contributed by atoms with Gasteiger partial charge < -0.3 is 15.0 Å². The molecule has 0 spiro atoms. The van der Waals surface area contributed by atoms with Gasteiger partial charge in [-0.15, -0.1) is 0 Å². The normalized spacial score (nSPS) is 16.4. The van der Waals surface area contributed by atoms with Gasteiger partial charge in [0.05, 0.1) is 18.5 Å². The van der Waals surface area contributed by atoms with Crippen molar-refractivity contribution in [1.82, 2.24) is 10.3 Å². The summed E-state index contributed by atoms with van der Waals surface area (Å²) in [6.45, 7) is 6.38. The van der Waals surface area contributed by atoms with Gasteiger partial charge in [0, 0.05) is 25.7 Å². The Morgan fingerprint density at radius 2 is 2.33 bits per heavy atom. The highest BCUT2D eigenvalue weighted by atomic mass is 19.1. The minimum Gasteiger partial charge on any atom is -0.489 e. The number of hydrogen-bond donors (Lipinski definition) is 1. The number of nitrogens with one attached hydrogen (secondary N) is 1. The molecule has 5 heteroatoms. The Balaban J connectivity index is 2.11. The summed E-state index contributed by atoms with van der Waals surface area (Å²) in [7, 11) is 0. The van der Waals surface area contributed by atoms with E-state index in [-0.39, 0.29) is 5.75 Å². The van der Waals surface area contributed by atoms with Gasteiger partial charge in [0.25, 0.3) is 5.95 Å². The van der Waals surface area contributed by atoms with E-state index >= 15 is 0 Å². The number of halogens is 1. The maximum atomic E-state index is 13.5. The summed E-state index contributed by atoms with van der Waals surface area (Å²) < 4.78 is 18.8. The quantitative estimate of drug-likeness (QED) is 0.830. The number of ether oxygens (including phenoxy) is 1. The molecule has 1 aliphatic rings. The van der Waals surface area contributed by atoms with Crippen LogP contribution in [0.25, 0.3) is 0 Å². The molecular weight excluding hydrogens is 233 g/mol. The van der Waals surface area contributed by atoms with Gasteiger partial charge in [0.2, 0.25) is 0 Å². The third kappa shape index (κ3) is 3.32. The van der Waals surface area contributed by atoms with Crippen LogP contribution in [0.3, 0.4) is 0 Å². The lowest BCUT2D eigenvalue weighted by Gasteiger charge is -2.22. The van der Waals surface area contributed by atoms with Gasteiger partial charge in [-0.3, -0.25) is 0 Å². The van der Waals surface area contributed by atoms with Crippen LogP contribution in [0, 0.1) is 5.95 Å². The average molecular weight is 253 g/mol. The van der Waals surface area contributed by atoms with Crippen molar-refractivity contribution in [3.05, 3.63) is 18.2 Å². The summed E-state index contributed by atoms with van der Waals surface area (Å²) in [5.74, 6) is -0.272. The first-order chi connectivity index (χ1) is 8.81. The zero-order valence-corrected chi connectivity index (χ0v) is 10.8. The minimum absolute atomic E-state index is 0.256. The molecule has 2 heterocycles. The van der Waals surface area contributed by atoms with E-state index in [1.807, 2.05) is 6.92 Å². The van der Waals surface area contributed by atoms with Crippen molar-refractivity contribution in [2.24, 2.45) is 0 Å². The lowest BCUT2D eigenvalue weighted by atomic mass is 10.3. The fourth-order valence-electron chi connectivity index (χ4n) is 2.01. The SMILES string of the molecule is CCCOc1cc(N2CCCNCC2)cnc1F. The van der Waals surface area contributed by atoms with Crippen molar-refractivity contribution in [3.8, 4) is 5.75 Å². The molecule has 0 aromatic carbocycles. The summed E-state index contributed by atoms with van der Waals surface area (Å²) in [5, 5.41) is 3.34. The molecule has 1 aliphatic heterocycles. The van der Waals surface area contributed by atoms with Gasteiger partial charge in [0.1, 0.15) is 0 Å². The van der Waals surface area contributed by atoms with Crippen LogP contribution < -0.4 is 15.0 Å². The zero-order chi connectivity index (χ0) is 12.8. The number of hydrogen-bond acceptors (Lipinski definition) is 4. The molecule has 0 radical (unpaired) electrons. The van der Waals surface area contributed by atoms with Gasteiger partial charge in [-0.1, -0.05) is 6.92 Å². The van der Waals surface area contributed by atoms with Gasteiger partial charge >= 0.3 is 0 Å². The molecule has 0 amide bonds. The Morgan fingerprint density at radius 1 is 1.44 bits per heavy atom. The van der Waals surface area contributed by atoms with Crippen LogP contribution in [0.4, 0.5) is 10.1 Å². The summed E-state index contributed by atoms with van der Waals surface area (Å²) >= 11 is 0. The molecule has 1 aromatic rings. The standard InChI is InChI=1S/C13H20FN3O/c1-2-8-18-12-9-11(10-16-13(12)14)17-6-3-4-15-5-7-17/h9-10,15H,2-8H2,1H3. The summed E-state index contributed by atoms with van der Waals surface area (Å²) in [5.41, 5.74) is 0.936. The Labute approximate surface area is 107 Å². The van der Waals surface area contributed by atoms with Crippen LogP contribution in [0.15, 0.2) is 12.3 Å². The number of anilines is 1. The summed E-state index contributed by atoms with van der Waals surface area (Å²) in [6, 6.07) is 1.75. The monoisotopic (exact) mass is 253 g/mol. The Hall–Kier alpha value is -1.36. The van der Waals surface area contributed by atoms with Crippen molar-refractivity contribution in [2.45, 2.75) is 19.8 Å². The predicted molar refractivity (Wildman–Crippen MR) is 69.7 cm³/mol. The van der Waals surface area contributed by atoms with Crippen LogP contribution in [0.5, 0.6) is 5.75 Å². The van der Waals surface area contributed by atoms with Crippen molar-refractivity contribution in [3.63, 3.8) is 0 Å². The molecule has 0 bridgehead atoms. The van der Waals surface area contributed by atoms with Crippen LogP contribution in [-0.2, 0) is 0 Å². The largest absolute Gasteiger partial charge is 0.489 e. The molecule has 0 atom stereocenters. The fourth-order valence-corrected chi connectivity index (χ4v) is 2.01. The second-order valence-electron chi connectivity index (χ2n) is 4.42. The first-order valence-electron chi connectivity index (χ1n) is 6.55. The molecule has 1 fully saturated rings. The van der Waals surface area contributed by atoms with Crippen LogP contribution in [0.2, 0.25) is 0 Å². The molecule has 1 aromatic heterocycles. The Morgan fingerprint density at radius 3 is 3.17 bits per heavy atom. The molecule has 0 unspecified atom stereocenters. The topological polar surface area (TPSA) is 37.4 Å². The second-order valence-corrected chi connectivity index (χ2v) is 4.42. The van der Waals surface area contributed by atoms with E-state index in [1.54, 1.807) is 12.3 Å². The van der Waals surface area contributed by atoms with E-state index in [0.717, 1.165) is 44.7 Å². The maximum Gasteiger partial charge on any atom is 0.255 e. The third-order valence-corrected chi connectivity index (χ3v) is 2.96. The lowest BCUT2D eigenvalue weighted by molar-refractivity contribution is 0.297. The number of nitrogens with zero attached hydrogens (tertiary/aromatic N) is 2. The maximum absolute atomic E-state index is 13.5. The van der Waals surface area contributed by atoms with E-state index in [4.69, 9.17) is 4.74 Å². The Bertz CT molecular complexity index is 378. The molecule has 0 saturated carbocycles. The molecule has 18 heavy (non-hydrogen) atoms. The first-order valence-corrected chi connectivity index (χ1v) is 6.55. The fraction of sp³-hybridized carbons (Fsp3) is 0.615. The van der Waals surface area contributed by atoms with E-state index in [2.05, 4.69) is 15.2 Å². The van der Waals surface area contributed by atoms with Crippen LogP contribution >= 0.6 is 0 Å². The average Bonchev–Trinajstić information content (AvgIpc) is 2.67. The van der Waals surface area contributed by atoms with E-state index in [9.17, 15) is 4.39 Å². The lowest BCUT2D eigenvalue weighted by Crippen LogP contribution is -2.28. The highest BCUT2D eigenvalue weighted by Crippen LogP contribution is 2.23. The van der Waals surface area contributed by atoms with Crippen LogP contribution in [-0.4, -0.2) is 37.8 Å². The number of aromatic nitrogens is 1. The van der Waals surface area contributed by atoms with Gasteiger partial charge in [-0.2, -0.15) is 4.39 Å². The third-order valence-electron chi connectivity index (χ3n) is 2.96. The van der Waals surface area contributed by atoms with E-state index in [0.29, 0.717) is 6.61 Å². The number of rotatable bonds is 4. The molecule has 0 aliphatic carbocycles. The highest BCUT2D eigenvalue weighted by Gasteiger charge is 2.13. The summed E-state index contributed by atoms with van der Waals surface area (Å²) in [6.07, 6.45) is 3.53. The number of pyridine rings is 1. The Kier molecular flexibility index (Phi) is 4.75. The molecule has 2 rings (SSSR count). The zero-order valence-electron chi connectivity index (χ0n) is 10.8. The molecule has 100 valence electrons. The van der Waals surface area contributed by atoms with Gasteiger partial charge in [0.15, 0.2) is 5.75 Å². The van der Waals surface area contributed by atoms with Crippen molar-refractivity contribution < 1.29 is 9.13 Å². The first kappa shape index (κ1) is 13.1. The van der Waals surface area contributed by atoms with Crippen LogP contribution in [0.1, 0.15) is 19.8 Å². The predicted octanol–water partition coefficient (Wildman–Crippen LogP) is 1.81. The van der Waals surface area contributed by atoms with Gasteiger partial charge in [-0.05, 0) is 19.4 Å². The van der Waals surface area contributed by atoms with Crippen molar-refractivity contribution in [2.75, 3.05) is 37.7 Å². The second kappa shape index (κ2) is 6.54. The molecule has 4 nitrogen and oxygen atoms in total. The summed E-state index contributed by atoms with van der Waals surface area (Å²) in [4.78, 5) is 6.00. The molecular formula is C13H20FN3O.